The van der Waals surface area contributed by atoms with Gasteiger partial charge in [-0.15, -0.1) is 0 Å². The number of rotatable bonds is 4. The zero-order valence-corrected chi connectivity index (χ0v) is 13.1. The van der Waals surface area contributed by atoms with Crippen LogP contribution in [0.25, 0.3) is 0 Å². The number of anilines is 2. The van der Waals surface area contributed by atoms with Gasteiger partial charge in [0, 0.05) is 32.0 Å². The lowest BCUT2D eigenvalue weighted by Gasteiger charge is -2.16. The Hall–Kier alpha value is -1.96. The molecule has 0 radical (unpaired) electrons. The minimum absolute atomic E-state index is 0.866. The van der Waals surface area contributed by atoms with Crippen molar-refractivity contribution in [3.63, 3.8) is 0 Å². The summed E-state index contributed by atoms with van der Waals surface area (Å²) in [4.78, 5) is 2.13. The Balaban J connectivity index is 2.11. The van der Waals surface area contributed by atoms with Gasteiger partial charge < -0.3 is 10.2 Å². The smallest absolute Gasteiger partial charge is 0.0401 e. The van der Waals surface area contributed by atoms with Crippen LogP contribution < -0.4 is 10.2 Å². The van der Waals surface area contributed by atoms with Gasteiger partial charge in [-0.25, -0.2) is 0 Å². The Kier molecular flexibility index (Phi) is 4.33. The molecule has 0 spiro atoms. The molecule has 0 aliphatic carbocycles. The van der Waals surface area contributed by atoms with Crippen molar-refractivity contribution in [2.45, 2.75) is 27.3 Å². The molecular formula is C18H24N2. The van der Waals surface area contributed by atoms with Crippen LogP contribution in [-0.4, -0.2) is 14.1 Å². The highest BCUT2D eigenvalue weighted by atomic mass is 15.1. The second kappa shape index (κ2) is 6.00. The van der Waals surface area contributed by atoms with Crippen molar-refractivity contribution in [1.29, 1.82) is 0 Å². The van der Waals surface area contributed by atoms with E-state index in [2.05, 4.69) is 81.5 Å². The maximum Gasteiger partial charge on any atom is 0.0401 e. The fourth-order valence-corrected chi connectivity index (χ4v) is 2.49. The van der Waals surface area contributed by atoms with Gasteiger partial charge >= 0.3 is 0 Å². The molecule has 0 saturated heterocycles. The highest BCUT2D eigenvalue weighted by Gasteiger charge is 2.02. The van der Waals surface area contributed by atoms with Gasteiger partial charge in [0.15, 0.2) is 0 Å². The van der Waals surface area contributed by atoms with E-state index in [0.717, 1.165) is 6.54 Å². The summed E-state index contributed by atoms with van der Waals surface area (Å²) in [6, 6.07) is 13.2. The normalized spacial score (nSPS) is 10.4. The van der Waals surface area contributed by atoms with Crippen LogP contribution in [0.1, 0.15) is 22.3 Å². The van der Waals surface area contributed by atoms with Gasteiger partial charge in [0.05, 0.1) is 0 Å². The summed E-state index contributed by atoms with van der Waals surface area (Å²) in [5.41, 5.74) is 7.69. The van der Waals surface area contributed by atoms with E-state index in [1.54, 1.807) is 0 Å². The van der Waals surface area contributed by atoms with Crippen LogP contribution in [0.2, 0.25) is 0 Å². The lowest BCUT2D eigenvalue weighted by molar-refractivity contribution is 1.11. The Labute approximate surface area is 122 Å². The van der Waals surface area contributed by atoms with E-state index >= 15 is 0 Å². The second-order valence-corrected chi connectivity index (χ2v) is 5.74. The zero-order chi connectivity index (χ0) is 14.7. The molecule has 0 unspecified atom stereocenters. The molecule has 0 bridgehead atoms. The van der Waals surface area contributed by atoms with Gasteiger partial charge in [-0.05, 0) is 50.1 Å². The highest BCUT2D eigenvalue weighted by molar-refractivity contribution is 5.60. The molecule has 2 aromatic rings. The number of nitrogens with one attached hydrogen (secondary N) is 1. The molecule has 1 N–H and O–H groups in total. The third-order valence-corrected chi connectivity index (χ3v) is 3.49. The summed E-state index contributed by atoms with van der Waals surface area (Å²) in [6.07, 6.45) is 0. The molecule has 0 fully saturated rings. The van der Waals surface area contributed by atoms with Crippen molar-refractivity contribution in [3.05, 3.63) is 58.7 Å². The SMILES string of the molecule is Cc1cc(C)cc(CNc2ccc(N(C)C)cc2C)c1. The van der Waals surface area contributed by atoms with Crippen molar-refractivity contribution in [3.8, 4) is 0 Å². The van der Waals surface area contributed by atoms with Crippen molar-refractivity contribution in [2.24, 2.45) is 0 Å². The van der Waals surface area contributed by atoms with Crippen LogP contribution in [0.5, 0.6) is 0 Å². The van der Waals surface area contributed by atoms with Gasteiger partial charge in [0.1, 0.15) is 0 Å². The van der Waals surface area contributed by atoms with Crippen molar-refractivity contribution < 1.29 is 0 Å². The first-order chi connectivity index (χ1) is 9.45. The third-order valence-electron chi connectivity index (χ3n) is 3.49. The quantitative estimate of drug-likeness (QED) is 0.890. The van der Waals surface area contributed by atoms with Gasteiger partial charge in [-0.2, -0.15) is 0 Å². The summed E-state index contributed by atoms with van der Waals surface area (Å²) in [5.74, 6) is 0. The van der Waals surface area contributed by atoms with Crippen LogP contribution in [0.3, 0.4) is 0 Å². The Morgan fingerprint density at radius 2 is 1.55 bits per heavy atom. The molecule has 106 valence electrons. The summed E-state index contributed by atoms with van der Waals surface area (Å²) < 4.78 is 0. The fraction of sp³-hybridized carbons (Fsp3) is 0.333. The molecular weight excluding hydrogens is 244 g/mol. The van der Waals surface area contributed by atoms with E-state index in [4.69, 9.17) is 0 Å². The molecule has 0 amide bonds. The fourth-order valence-electron chi connectivity index (χ4n) is 2.49. The van der Waals surface area contributed by atoms with E-state index in [9.17, 15) is 0 Å². The average molecular weight is 268 g/mol. The zero-order valence-electron chi connectivity index (χ0n) is 13.1. The summed E-state index contributed by atoms with van der Waals surface area (Å²) in [5, 5.41) is 3.53. The van der Waals surface area contributed by atoms with E-state index in [-0.39, 0.29) is 0 Å². The number of benzene rings is 2. The first-order valence-corrected chi connectivity index (χ1v) is 7.05. The largest absolute Gasteiger partial charge is 0.381 e. The van der Waals surface area contributed by atoms with Crippen LogP contribution in [0.15, 0.2) is 36.4 Å². The molecule has 0 saturated carbocycles. The Morgan fingerprint density at radius 3 is 2.10 bits per heavy atom. The van der Waals surface area contributed by atoms with Crippen LogP contribution in [0, 0.1) is 20.8 Å². The van der Waals surface area contributed by atoms with Crippen LogP contribution in [0.4, 0.5) is 11.4 Å². The predicted octanol–water partition coefficient (Wildman–Crippen LogP) is 4.29. The van der Waals surface area contributed by atoms with E-state index in [0.29, 0.717) is 0 Å². The first-order valence-electron chi connectivity index (χ1n) is 7.05. The van der Waals surface area contributed by atoms with E-state index in [1.807, 2.05) is 0 Å². The molecule has 20 heavy (non-hydrogen) atoms. The predicted molar refractivity (Wildman–Crippen MR) is 88.7 cm³/mol. The minimum atomic E-state index is 0.866. The van der Waals surface area contributed by atoms with Gasteiger partial charge in [0.2, 0.25) is 0 Å². The van der Waals surface area contributed by atoms with Crippen LogP contribution >= 0.6 is 0 Å². The molecule has 2 nitrogen and oxygen atoms in total. The summed E-state index contributed by atoms with van der Waals surface area (Å²) >= 11 is 0. The second-order valence-electron chi connectivity index (χ2n) is 5.74. The van der Waals surface area contributed by atoms with E-state index in [1.165, 1.54) is 33.6 Å². The maximum atomic E-state index is 3.53. The van der Waals surface area contributed by atoms with Crippen molar-refractivity contribution in [1.82, 2.24) is 0 Å². The monoisotopic (exact) mass is 268 g/mol. The average Bonchev–Trinajstić information content (AvgIpc) is 2.36. The topological polar surface area (TPSA) is 15.3 Å². The van der Waals surface area contributed by atoms with Gasteiger partial charge in [-0.1, -0.05) is 29.3 Å². The molecule has 0 aromatic heterocycles. The molecule has 2 aromatic carbocycles. The Bertz CT molecular complexity index is 580. The van der Waals surface area contributed by atoms with Crippen LogP contribution in [-0.2, 0) is 6.54 Å². The molecule has 0 heterocycles. The van der Waals surface area contributed by atoms with Crippen molar-refractivity contribution in [2.75, 3.05) is 24.3 Å². The number of nitrogens with zero attached hydrogens (tertiary/aromatic N) is 1. The molecule has 0 aliphatic rings. The molecule has 0 atom stereocenters. The first kappa shape index (κ1) is 14.4. The highest BCUT2D eigenvalue weighted by Crippen LogP contribution is 2.22. The minimum Gasteiger partial charge on any atom is -0.381 e. The lowest BCUT2D eigenvalue weighted by atomic mass is 10.1. The number of aryl methyl sites for hydroxylation is 3. The van der Waals surface area contributed by atoms with Gasteiger partial charge in [-0.3, -0.25) is 0 Å². The van der Waals surface area contributed by atoms with Gasteiger partial charge in [0.25, 0.3) is 0 Å². The Morgan fingerprint density at radius 1 is 0.900 bits per heavy atom. The summed E-state index contributed by atoms with van der Waals surface area (Å²) in [7, 11) is 4.13. The maximum absolute atomic E-state index is 3.53. The number of hydrogen-bond acceptors (Lipinski definition) is 2. The molecule has 0 aliphatic heterocycles. The number of hydrogen-bond donors (Lipinski definition) is 1. The molecule has 2 rings (SSSR count). The standard InChI is InChI=1S/C18H24N2/c1-13-8-14(2)10-16(9-13)12-19-18-7-6-17(20(4)5)11-15(18)3/h6-11,19H,12H2,1-5H3. The molecule has 2 heteroatoms. The summed E-state index contributed by atoms with van der Waals surface area (Å²) in [6.45, 7) is 7.31. The lowest BCUT2D eigenvalue weighted by Crippen LogP contribution is -2.09. The third kappa shape index (κ3) is 3.53. The van der Waals surface area contributed by atoms with E-state index < -0.39 is 0 Å². The van der Waals surface area contributed by atoms with Crippen molar-refractivity contribution >= 4 is 11.4 Å².